The number of carboxylic acids is 1. The number of nitrogens with zero attached hydrogens (tertiary/aromatic N) is 2. The highest BCUT2D eigenvalue weighted by Gasteiger charge is 2.15. The smallest absolute Gasteiger partial charge is 0.337 e. The summed E-state index contributed by atoms with van der Waals surface area (Å²) < 4.78 is 2.14. The Morgan fingerprint density at radius 1 is 1.19 bits per heavy atom. The molecule has 21 heavy (non-hydrogen) atoms. The van der Waals surface area contributed by atoms with Gasteiger partial charge in [-0.3, -0.25) is 4.98 Å². The first-order valence-electron chi connectivity index (χ1n) is 6.74. The second-order valence-electron chi connectivity index (χ2n) is 5.28. The van der Waals surface area contributed by atoms with Crippen molar-refractivity contribution in [3.05, 3.63) is 53.3 Å². The van der Waals surface area contributed by atoms with Crippen LogP contribution in [0.15, 0.2) is 36.5 Å². The molecule has 4 nitrogen and oxygen atoms in total. The Bertz CT molecular complexity index is 845. The third kappa shape index (κ3) is 2.09. The van der Waals surface area contributed by atoms with Crippen molar-refractivity contribution in [3.8, 4) is 11.3 Å². The van der Waals surface area contributed by atoms with Gasteiger partial charge in [-0.1, -0.05) is 12.1 Å². The van der Waals surface area contributed by atoms with Crippen molar-refractivity contribution in [2.24, 2.45) is 7.05 Å². The minimum atomic E-state index is -0.959. The van der Waals surface area contributed by atoms with Crippen molar-refractivity contribution in [1.82, 2.24) is 9.55 Å². The summed E-state index contributed by atoms with van der Waals surface area (Å²) in [7, 11) is 2.03. The number of carboxylic acid groups (broad SMARTS) is 1. The van der Waals surface area contributed by atoms with E-state index in [2.05, 4.69) is 41.6 Å². The lowest BCUT2D eigenvalue weighted by atomic mass is 10.1. The second-order valence-corrected chi connectivity index (χ2v) is 5.28. The zero-order chi connectivity index (χ0) is 15.1. The van der Waals surface area contributed by atoms with Gasteiger partial charge in [-0.05, 0) is 37.6 Å². The van der Waals surface area contributed by atoms with Crippen molar-refractivity contribution in [2.45, 2.75) is 13.8 Å². The largest absolute Gasteiger partial charge is 0.478 e. The molecule has 0 aliphatic rings. The Kier molecular flexibility index (Phi) is 3.01. The molecule has 1 N–H and O–H groups in total. The number of hydrogen-bond acceptors (Lipinski definition) is 2. The summed E-state index contributed by atoms with van der Waals surface area (Å²) in [6, 6.07) is 9.69. The molecule has 0 atom stereocenters. The van der Waals surface area contributed by atoms with Crippen LogP contribution in [0.5, 0.6) is 0 Å². The molecule has 0 unspecified atom stereocenters. The van der Waals surface area contributed by atoms with Crippen LogP contribution in [0.3, 0.4) is 0 Å². The normalized spacial score (nSPS) is 11.0. The molecule has 3 aromatic rings. The minimum Gasteiger partial charge on any atom is -0.478 e. The van der Waals surface area contributed by atoms with Gasteiger partial charge in [0.1, 0.15) is 0 Å². The van der Waals surface area contributed by atoms with E-state index in [-0.39, 0.29) is 5.56 Å². The monoisotopic (exact) mass is 280 g/mol. The van der Waals surface area contributed by atoms with Crippen LogP contribution in [0.4, 0.5) is 0 Å². The summed E-state index contributed by atoms with van der Waals surface area (Å²) in [4.78, 5) is 15.2. The molecule has 0 radical (unpaired) electrons. The molecule has 0 aliphatic carbocycles. The molecular formula is C17H16N2O2. The van der Waals surface area contributed by atoms with Gasteiger partial charge in [-0.25, -0.2) is 4.79 Å². The lowest BCUT2D eigenvalue weighted by Crippen LogP contribution is -1.97. The fourth-order valence-corrected chi connectivity index (χ4v) is 2.67. The summed E-state index contributed by atoms with van der Waals surface area (Å²) >= 11 is 0. The van der Waals surface area contributed by atoms with E-state index in [1.165, 1.54) is 11.8 Å². The summed E-state index contributed by atoms with van der Waals surface area (Å²) in [6.07, 6.45) is 1.41. The standard InChI is InChI=1S/C17H16N2O2/c1-10-4-6-13-15(8-10)19(3)11(2)16(13)14-7-5-12(9-18-14)17(20)21/h4-9H,1-3H3,(H,20,21). The van der Waals surface area contributed by atoms with Gasteiger partial charge in [0, 0.05) is 35.4 Å². The molecule has 0 fully saturated rings. The van der Waals surface area contributed by atoms with Crippen LogP contribution >= 0.6 is 0 Å². The molecule has 0 amide bonds. The van der Waals surface area contributed by atoms with E-state index in [4.69, 9.17) is 5.11 Å². The predicted octanol–water partition coefficient (Wildman–Crippen LogP) is 3.56. The van der Waals surface area contributed by atoms with Crippen LogP contribution in [-0.4, -0.2) is 20.6 Å². The van der Waals surface area contributed by atoms with E-state index in [0.717, 1.165) is 27.9 Å². The topological polar surface area (TPSA) is 55.1 Å². The van der Waals surface area contributed by atoms with Crippen LogP contribution in [0.25, 0.3) is 22.2 Å². The molecular weight excluding hydrogens is 264 g/mol. The Hall–Kier alpha value is -2.62. The number of pyridine rings is 1. The molecule has 3 rings (SSSR count). The lowest BCUT2D eigenvalue weighted by Gasteiger charge is -2.03. The van der Waals surface area contributed by atoms with E-state index < -0.39 is 5.97 Å². The highest BCUT2D eigenvalue weighted by molar-refractivity contribution is 5.97. The fraction of sp³-hybridized carbons (Fsp3) is 0.176. The van der Waals surface area contributed by atoms with E-state index in [1.54, 1.807) is 12.1 Å². The van der Waals surface area contributed by atoms with Gasteiger partial charge in [-0.15, -0.1) is 0 Å². The molecule has 0 bridgehead atoms. The molecule has 2 heterocycles. The van der Waals surface area contributed by atoms with Crippen LogP contribution in [0.2, 0.25) is 0 Å². The molecule has 1 aromatic carbocycles. The summed E-state index contributed by atoms with van der Waals surface area (Å²) in [5, 5.41) is 10.1. The van der Waals surface area contributed by atoms with Gasteiger partial charge < -0.3 is 9.67 Å². The molecule has 4 heteroatoms. The average molecular weight is 280 g/mol. The van der Waals surface area contributed by atoms with Crippen LogP contribution < -0.4 is 0 Å². The highest BCUT2D eigenvalue weighted by Crippen LogP contribution is 2.33. The number of aromatic nitrogens is 2. The molecule has 0 saturated carbocycles. The zero-order valence-electron chi connectivity index (χ0n) is 12.2. The first-order valence-corrected chi connectivity index (χ1v) is 6.74. The molecule has 106 valence electrons. The predicted molar refractivity (Wildman–Crippen MR) is 82.6 cm³/mol. The summed E-state index contributed by atoms with van der Waals surface area (Å²) in [5.74, 6) is -0.959. The van der Waals surface area contributed by atoms with E-state index in [1.807, 2.05) is 7.05 Å². The third-order valence-electron chi connectivity index (χ3n) is 3.92. The minimum absolute atomic E-state index is 0.201. The molecule has 0 saturated heterocycles. The van der Waals surface area contributed by atoms with Gasteiger partial charge in [-0.2, -0.15) is 0 Å². The van der Waals surface area contributed by atoms with Crippen LogP contribution in [0.1, 0.15) is 21.6 Å². The SMILES string of the molecule is Cc1ccc2c(-c3ccc(C(=O)O)cn3)c(C)n(C)c2c1. The maximum atomic E-state index is 10.9. The van der Waals surface area contributed by atoms with Gasteiger partial charge in [0.2, 0.25) is 0 Å². The average Bonchev–Trinajstić information content (AvgIpc) is 2.71. The number of benzene rings is 1. The van der Waals surface area contributed by atoms with Crippen molar-refractivity contribution >= 4 is 16.9 Å². The zero-order valence-corrected chi connectivity index (χ0v) is 12.2. The third-order valence-corrected chi connectivity index (χ3v) is 3.92. The maximum Gasteiger partial charge on any atom is 0.337 e. The highest BCUT2D eigenvalue weighted by atomic mass is 16.4. The Morgan fingerprint density at radius 3 is 2.57 bits per heavy atom. The molecule has 0 aliphatic heterocycles. The second kappa shape index (κ2) is 4.74. The van der Waals surface area contributed by atoms with Crippen molar-refractivity contribution in [3.63, 3.8) is 0 Å². The van der Waals surface area contributed by atoms with Gasteiger partial charge in [0.25, 0.3) is 0 Å². The Labute approximate surface area is 122 Å². The number of fused-ring (bicyclic) bond motifs is 1. The van der Waals surface area contributed by atoms with Gasteiger partial charge in [0.15, 0.2) is 0 Å². The molecule has 2 aromatic heterocycles. The van der Waals surface area contributed by atoms with E-state index in [9.17, 15) is 4.79 Å². The van der Waals surface area contributed by atoms with Crippen molar-refractivity contribution in [1.29, 1.82) is 0 Å². The van der Waals surface area contributed by atoms with Crippen LogP contribution in [0, 0.1) is 13.8 Å². The summed E-state index contributed by atoms with van der Waals surface area (Å²) in [5.41, 5.74) is 5.55. The number of carbonyl (C=O) groups is 1. The first kappa shape index (κ1) is 13.4. The van der Waals surface area contributed by atoms with Crippen LogP contribution in [-0.2, 0) is 7.05 Å². The number of rotatable bonds is 2. The maximum absolute atomic E-state index is 10.9. The lowest BCUT2D eigenvalue weighted by molar-refractivity contribution is 0.0696. The summed E-state index contributed by atoms with van der Waals surface area (Å²) in [6.45, 7) is 4.12. The van der Waals surface area contributed by atoms with Gasteiger partial charge >= 0.3 is 5.97 Å². The van der Waals surface area contributed by atoms with E-state index >= 15 is 0 Å². The number of aromatic carboxylic acids is 1. The first-order chi connectivity index (χ1) is 9.99. The number of hydrogen-bond donors (Lipinski definition) is 1. The molecule has 0 spiro atoms. The quantitative estimate of drug-likeness (QED) is 0.781. The fourth-order valence-electron chi connectivity index (χ4n) is 2.67. The Balaban J connectivity index is 2.24. The van der Waals surface area contributed by atoms with E-state index in [0.29, 0.717) is 0 Å². The van der Waals surface area contributed by atoms with Gasteiger partial charge in [0.05, 0.1) is 11.3 Å². The Morgan fingerprint density at radius 2 is 1.95 bits per heavy atom. The number of aryl methyl sites for hydroxylation is 2. The van der Waals surface area contributed by atoms with Crippen molar-refractivity contribution in [2.75, 3.05) is 0 Å². The van der Waals surface area contributed by atoms with Crippen molar-refractivity contribution < 1.29 is 9.90 Å².